The van der Waals surface area contributed by atoms with Crippen molar-refractivity contribution in [3.8, 4) is 11.8 Å². The fourth-order valence-corrected chi connectivity index (χ4v) is 1.99. The van der Waals surface area contributed by atoms with Crippen molar-refractivity contribution in [2.75, 3.05) is 0 Å². The van der Waals surface area contributed by atoms with Crippen molar-refractivity contribution in [2.45, 2.75) is 13.2 Å². The maximum Gasteiger partial charge on any atom is 0.191 e. The lowest BCUT2D eigenvalue weighted by molar-refractivity contribution is 0.274. The Morgan fingerprint density at radius 3 is 2.38 bits per heavy atom. The molecule has 0 aromatic heterocycles. The van der Waals surface area contributed by atoms with Crippen molar-refractivity contribution < 1.29 is 13.5 Å². The molecule has 0 bridgehead atoms. The zero-order valence-corrected chi connectivity index (χ0v) is 11.6. The van der Waals surface area contributed by atoms with Crippen molar-refractivity contribution in [1.29, 1.82) is 5.26 Å². The average molecular weight is 309 g/mol. The first-order valence-corrected chi connectivity index (χ1v) is 6.42. The second-order valence-corrected chi connectivity index (χ2v) is 4.71. The third-order valence-corrected chi connectivity index (χ3v) is 3.20. The van der Waals surface area contributed by atoms with Gasteiger partial charge in [0.15, 0.2) is 17.4 Å². The minimum absolute atomic E-state index is 0.0373. The van der Waals surface area contributed by atoms with Crippen LogP contribution in [0.3, 0.4) is 0 Å². The number of hydrogen-bond acceptors (Lipinski definition) is 3. The molecule has 0 aliphatic carbocycles. The van der Waals surface area contributed by atoms with E-state index in [0.717, 1.165) is 12.1 Å². The highest BCUT2D eigenvalue weighted by Gasteiger charge is 2.13. The number of rotatable bonds is 4. The van der Waals surface area contributed by atoms with Gasteiger partial charge in [0.05, 0.1) is 11.6 Å². The van der Waals surface area contributed by atoms with Gasteiger partial charge in [-0.2, -0.15) is 5.26 Å². The summed E-state index contributed by atoms with van der Waals surface area (Å²) < 4.78 is 32.6. The van der Waals surface area contributed by atoms with E-state index in [0.29, 0.717) is 21.7 Å². The molecule has 0 atom stereocenters. The molecule has 3 nitrogen and oxygen atoms in total. The number of nitrogens with two attached hydrogens (primary N) is 1. The molecule has 0 aliphatic heterocycles. The number of hydrogen-bond donors (Lipinski definition) is 1. The number of halogens is 3. The third kappa shape index (κ3) is 3.48. The molecule has 0 radical (unpaired) electrons. The summed E-state index contributed by atoms with van der Waals surface area (Å²) in [5.74, 6) is -2.12. The maximum absolute atomic E-state index is 13.7. The first-order valence-electron chi connectivity index (χ1n) is 6.04. The molecule has 2 rings (SSSR count). The minimum Gasteiger partial charge on any atom is -0.483 e. The zero-order chi connectivity index (χ0) is 15.4. The van der Waals surface area contributed by atoms with E-state index in [1.807, 2.05) is 6.07 Å². The standard InChI is InChI=1S/C15H11ClF2N2O/c16-12-3-9(6-19)1-2-11(12)8-21-15-13(17)4-10(7-20)5-14(15)18/h1-5H,7-8,20H2. The summed E-state index contributed by atoms with van der Waals surface area (Å²) in [5.41, 5.74) is 6.60. The monoisotopic (exact) mass is 308 g/mol. The molecule has 2 aromatic rings. The van der Waals surface area contributed by atoms with Crippen LogP contribution >= 0.6 is 11.6 Å². The summed E-state index contributed by atoms with van der Waals surface area (Å²) >= 11 is 5.97. The second-order valence-electron chi connectivity index (χ2n) is 4.30. The lowest BCUT2D eigenvalue weighted by Crippen LogP contribution is -2.04. The van der Waals surface area contributed by atoms with Crippen molar-refractivity contribution in [2.24, 2.45) is 5.73 Å². The van der Waals surface area contributed by atoms with Crippen LogP contribution in [-0.4, -0.2) is 0 Å². The van der Waals surface area contributed by atoms with E-state index in [1.165, 1.54) is 6.07 Å². The fraction of sp³-hybridized carbons (Fsp3) is 0.133. The second kappa shape index (κ2) is 6.53. The fourth-order valence-electron chi connectivity index (χ4n) is 1.75. The van der Waals surface area contributed by atoms with Gasteiger partial charge >= 0.3 is 0 Å². The lowest BCUT2D eigenvalue weighted by Gasteiger charge is -2.11. The molecule has 108 valence electrons. The molecule has 0 unspecified atom stereocenters. The Hall–Kier alpha value is -2.16. The number of nitrogens with zero attached hydrogens (tertiary/aromatic N) is 1. The van der Waals surface area contributed by atoms with Crippen LogP contribution in [0.4, 0.5) is 8.78 Å². The van der Waals surface area contributed by atoms with E-state index in [-0.39, 0.29) is 13.2 Å². The van der Waals surface area contributed by atoms with Crippen molar-refractivity contribution in [3.63, 3.8) is 0 Å². The lowest BCUT2D eigenvalue weighted by atomic mass is 10.1. The summed E-state index contributed by atoms with van der Waals surface area (Å²) in [5, 5.41) is 9.03. The van der Waals surface area contributed by atoms with Crippen molar-refractivity contribution >= 4 is 11.6 Å². The quantitative estimate of drug-likeness (QED) is 0.940. The number of ether oxygens (including phenoxy) is 1. The van der Waals surface area contributed by atoms with Crippen LogP contribution in [0.25, 0.3) is 0 Å². The third-order valence-electron chi connectivity index (χ3n) is 2.85. The Kier molecular flexibility index (Phi) is 4.73. The van der Waals surface area contributed by atoms with E-state index in [2.05, 4.69) is 0 Å². The Morgan fingerprint density at radius 1 is 1.19 bits per heavy atom. The molecule has 0 saturated heterocycles. The summed E-state index contributed by atoms with van der Waals surface area (Å²) in [7, 11) is 0. The van der Waals surface area contributed by atoms with Gasteiger partial charge in [-0.1, -0.05) is 17.7 Å². The molecule has 0 heterocycles. The highest BCUT2D eigenvalue weighted by molar-refractivity contribution is 6.31. The maximum atomic E-state index is 13.7. The van der Waals surface area contributed by atoms with Crippen LogP contribution in [0.5, 0.6) is 5.75 Å². The van der Waals surface area contributed by atoms with E-state index in [4.69, 9.17) is 27.3 Å². The summed E-state index contributed by atoms with van der Waals surface area (Å²) in [6.07, 6.45) is 0. The first-order chi connectivity index (χ1) is 10.0. The van der Waals surface area contributed by atoms with Crippen LogP contribution < -0.4 is 10.5 Å². The van der Waals surface area contributed by atoms with Gasteiger partial charge in [-0.05, 0) is 29.8 Å². The Balaban J connectivity index is 2.19. The van der Waals surface area contributed by atoms with Gasteiger partial charge in [0.25, 0.3) is 0 Å². The Bertz CT molecular complexity index is 690. The molecular weight excluding hydrogens is 298 g/mol. The number of benzene rings is 2. The van der Waals surface area contributed by atoms with E-state index >= 15 is 0 Å². The van der Waals surface area contributed by atoms with Crippen LogP contribution in [0.15, 0.2) is 30.3 Å². The van der Waals surface area contributed by atoms with Crippen molar-refractivity contribution in [3.05, 3.63) is 63.7 Å². The molecule has 6 heteroatoms. The van der Waals surface area contributed by atoms with E-state index in [9.17, 15) is 8.78 Å². The summed E-state index contributed by atoms with van der Waals surface area (Å²) in [4.78, 5) is 0. The highest BCUT2D eigenvalue weighted by atomic mass is 35.5. The highest BCUT2D eigenvalue weighted by Crippen LogP contribution is 2.26. The normalized spacial score (nSPS) is 10.2. The molecule has 0 aliphatic rings. The van der Waals surface area contributed by atoms with Crippen molar-refractivity contribution in [1.82, 2.24) is 0 Å². The number of nitriles is 1. The summed E-state index contributed by atoms with van der Waals surface area (Å²) in [6.45, 7) is -0.0735. The molecule has 0 fully saturated rings. The molecule has 2 N–H and O–H groups in total. The van der Waals surface area contributed by atoms with Gasteiger partial charge in [-0.15, -0.1) is 0 Å². The Morgan fingerprint density at radius 2 is 1.86 bits per heavy atom. The van der Waals surface area contributed by atoms with Crippen LogP contribution in [0.2, 0.25) is 5.02 Å². The van der Waals surface area contributed by atoms with Gasteiger partial charge in [-0.25, -0.2) is 8.78 Å². The zero-order valence-electron chi connectivity index (χ0n) is 10.9. The molecule has 0 saturated carbocycles. The average Bonchev–Trinajstić information content (AvgIpc) is 2.47. The van der Waals surface area contributed by atoms with Crippen LogP contribution in [0, 0.1) is 23.0 Å². The molecular formula is C15H11ClF2N2O. The first kappa shape index (κ1) is 15.2. The van der Waals surface area contributed by atoms with E-state index in [1.54, 1.807) is 12.1 Å². The smallest absolute Gasteiger partial charge is 0.191 e. The predicted molar refractivity (Wildman–Crippen MR) is 74.7 cm³/mol. The van der Waals surface area contributed by atoms with Gasteiger partial charge in [0, 0.05) is 17.1 Å². The largest absolute Gasteiger partial charge is 0.483 e. The molecule has 21 heavy (non-hydrogen) atoms. The van der Waals surface area contributed by atoms with E-state index < -0.39 is 17.4 Å². The Labute approximate surface area is 125 Å². The molecule has 0 amide bonds. The van der Waals surface area contributed by atoms with Crippen LogP contribution in [-0.2, 0) is 13.2 Å². The minimum atomic E-state index is -0.819. The van der Waals surface area contributed by atoms with Crippen LogP contribution in [0.1, 0.15) is 16.7 Å². The molecule has 0 spiro atoms. The van der Waals surface area contributed by atoms with Gasteiger partial charge in [0.1, 0.15) is 6.61 Å². The van der Waals surface area contributed by atoms with Gasteiger partial charge in [-0.3, -0.25) is 0 Å². The summed E-state index contributed by atoms with van der Waals surface area (Å²) in [6, 6.07) is 8.78. The topological polar surface area (TPSA) is 59.0 Å². The molecule has 2 aromatic carbocycles. The van der Waals surface area contributed by atoms with Gasteiger partial charge in [0.2, 0.25) is 0 Å². The SMILES string of the molecule is N#Cc1ccc(COc2c(F)cc(CN)cc2F)c(Cl)c1. The van der Waals surface area contributed by atoms with Gasteiger partial charge < -0.3 is 10.5 Å². The predicted octanol–water partition coefficient (Wildman–Crippen LogP) is 3.53.